The van der Waals surface area contributed by atoms with E-state index in [2.05, 4.69) is 48.3 Å². The van der Waals surface area contributed by atoms with E-state index in [1.165, 1.54) is 32.4 Å². The van der Waals surface area contributed by atoms with Crippen molar-refractivity contribution in [3.8, 4) is 0 Å². The third-order valence-electron chi connectivity index (χ3n) is 4.61. The number of ether oxygens (including phenoxy) is 1. The van der Waals surface area contributed by atoms with E-state index in [0.717, 1.165) is 25.0 Å². The number of guanidine groups is 1. The molecular weight excluding hydrogens is 276 g/mol. The molecule has 1 saturated heterocycles. The fourth-order valence-corrected chi connectivity index (χ4v) is 2.90. The molecule has 1 aliphatic rings. The molecule has 0 spiro atoms. The quantitative estimate of drug-likeness (QED) is 0.581. The normalized spacial score (nSPS) is 20.0. The number of methoxy groups -OCH3 is 1. The minimum absolute atomic E-state index is 0.120. The Morgan fingerprint density at radius 1 is 1.27 bits per heavy atom. The lowest BCUT2D eigenvalue weighted by Crippen LogP contribution is -2.45. The molecule has 5 heteroatoms. The topological polar surface area (TPSA) is 48.9 Å². The molecule has 130 valence electrons. The maximum atomic E-state index is 5.57. The maximum absolute atomic E-state index is 5.57. The van der Waals surface area contributed by atoms with Gasteiger partial charge in [-0.2, -0.15) is 0 Å². The molecule has 0 aromatic carbocycles. The number of aliphatic imine (C=N–C) groups is 1. The Labute approximate surface area is 136 Å². The summed E-state index contributed by atoms with van der Waals surface area (Å²) in [5.41, 5.74) is 0.120. The standard InChI is InChI=1S/C17H36N4O/c1-17(2,3)15(22-6)13-20-16(18-4)19-10-7-14-8-11-21(5)12-9-14/h14-15H,7-13H2,1-6H3,(H2,18,19,20). The molecule has 2 N–H and O–H groups in total. The number of piperidine rings is 1. The molecule has 0 aliphatic carbocycles. The number of hydrogen-bond donors (Lipinski definition) is 2. The van der Waals surface area contributed by atoms with E-state index in [1.54, 1.807) is 7.11 Å². The molecule has 0 saturated carbocycles. The first-order valence-corrected chi connectivity index (χ1v) is 8.52. The second-order valence-corrected chi connectivity index (χ2v) is 7.51. The van der Waals surface area contributed by atoms with Gasteiger partial charge in [-0.15, -0.1) is 0 Å². The zero-order valence-corrected chi connectivity index (χ0v) is 15.4. The van der Waals surface area contributed by atoms with Crippen molar-refractivity contribution in [1.82, 2.24) is 15.5 Å². The van der Waals surface area contributed by atoms with Gasteiger partial charge in [0.15, 0.2) is 5.96 Å². The lowest BCUT2D eigenvalue weighted by Gasteiger charge is -2.30. The fourth-order valence-electron chi connectivity index (χ4n) is 2.90. The highest BCUT2D eigenvalue weighted by Gasteiger charge is 2.24. The van der Waals surface area contributed by atoms with Crippen LogP contribution in [-0.2, 0) is 4.74 Å². The highest BCUT2D eigenvalue weighted by Crippen LogP contribution is 2.21. The number of nitrogens with one attached hydrogen (secondary N) is 2. The number of nitrogens with zero attached hydrogens (tertiary/aromatic N) is 2. The van der Waals surface area contributed by atoms with Crippen LogP contribution in [0.3, 0.4) is 0 Å². The minimum atomic E-state index is 0.120. The van der Waals surface area contributed by atoms with E-state index in [0.29, 0.717) is 0 Å². The van der Waals surface area contributed by atoms with Crippen molar-refractivity contribution in [2.24, 2.45) is 16.3 Å². The van der Waals surface area contributed by atoms with Crippen molar-refractivity contribution in [3.05, 3.63) is 0 Å². The molecule has 1 atom stereocenters. The summed E-state index contributed by atoms with van der Waals surface area (Å²) >= 11 is 0. The van der Waals surface area contributed by atoms with E-state index in [-0.39, 0.29) is 11.5 Å². The first-order chi connectivity index (χ1) is 10.4. The van der Waals surface area contributed by atoms with Crippen molar-refractivity contribution in [2.75, 3.05) is 47.4 Å². The van der Waals surface area contributed by atoms with Crippen molar-refractivity contribution in [3.63, 3.8) is 0 Å². The lowest BCUT2D eigenvalue weighted by molar-refractivity contribution is 0.0205. The van der Waals surface area contributed by atoms with Gasteiger partial charge in [0.05, 0.1) is 6.10 Å². The molecule has 22 heavy (non-hydrogen) atoms. The fraction of sp³-hybridized carbons (Fsp3) is 0.941. The van der Waals surface area contributed by atoms with Gasteiger partial charge in [-0.3, -0.25) is 4.99 Å². The molecule has 0 radical (unpaired) electrons. The van der Waals surface area contributed by atoms with Gasteiger partial charge in [0.1, 0.15) is 0 Å². The zero-order valence-electron chi connectivity index (χ0n) is 15.4. The van der Waals surface area contributed by atoms with Crippen LogP contribution in [0.2, 0.25) is 0 Å². The first kappa shape index (κ1) is 19.2. The van der Waals surface area contributed by atoms with Crippen LogP contribution in [0.1, 0.15) is 40.0 Å². The predicted molar refractivity (Wildman–Crippen MR) is 94.5 cm³/mol. The second kappa shape index (κ2) is 9.36. The Morgan fingerprint density at radius 2 is 1.91 bits per heavy atom. The van der Waals surface area contributed by atoms with Gasteiger partial charge in [-0.25, -0.2) is 0 Å². The van der Waals surface area contributed by atoms with Gasteiger partial charge in [-0.1, -0.05) is 20.8 Å². The summed E-state index contributed by atoms with van der Waals surface area (Å²) in [7, 11) is 5.80. The molecule has 5 nitrogen and oxygen atoms in total. The maximum Gasteiger partial charge on any atom is 0.191 e. The molecular formula is C17H36N4O. The highest BCUT2D eigenvalue weighted by molar-refractivity contribution is 5.79. The molecule has 0 aromatic rings. The molecule has 0 bridgehead atoms. The second-order valence-electron chi connectivity index (χ2n) is 7.51. The summed E-state index contributed by atoms with van der Waals surface area (Å²) < 4.78 is 5.57. The summed E-state index contributed by atoms with van der Waals surface area (Å²) in [5.74, 6) is 1.72. The molecule has 1 aliphatic heterocycles. The van der Waals surface area contributed by atoms with Crippen LogP contribution in [0, 0.1) is 11.3 Å². The van der Waals surface area contributed by atoms with Gasteiger partial charge in [0.2, 0.25) is 0 Å². The Kier molecular flexibility index (Phi) is 8.18. The summed E-state index contributed by atoms with van der Waals surface area (Å²) in [5, 5.41) is 6.81. The summed E-state index contributed by atoms with van der Waals surface area (Å²) in [6.07, 6.45) is 4.03. The van der Waals surface area contributed by atoms with E-state index < -0.39 is 0 Å². The average molecular weight is 313 g/mol. The van der Waals surface area contributed by atoms with E-state index in [4.69, 9.17) is 4.74 Å². The largest absolute Gasteiger partial charge is 0.379 e. The van der Waals surface area contributed by atoms with Gasteiger partial charge >= 0.3 is 0 Å². The van der Waals surface area contributed by atoms with Crippen molar-refractivity contribution in [2.45, 2.75) is 46.1 Å². The van der Waals surface area contributed by atoms with Gasteiger partial charge in [0, 0.05) is 27.2 Å². The number of likely N-dealkylation sites (tertiary alicyclic amines) is 1. The van der Waals surface area contributed by atoms with Crippen molar-refractivity contribution < 1.29 is 4.74 Å². The Morgan fingerprint density at radius 3 is 2.41 bits per heavy atom. The van der Waals surface area contributed by atoms with Crippen molar-refractivity contribution >= 4 is 5.96 Å². The molecule has 1 unspecified atom stereocenters. The summed E-state index contributed by atoms with van der Waals surface area (Å²) in [6, 6.07) is 0. The molecule has 1 heterocycles. The zero-order chi connectivity index (χ0) is 16.6. The Balaban J connectivity index is 2.25. The third kappa shape index (κ3) is 6.97. The van der Waals surface area contributed by atoms with Gasteiger partial charge in [0.25, 0.3) is 0 Å². The molecule has 0 amide bonds. The lowest BCUT2D eigenvalue weighted by atomic mass is 9.89. The van der Waals surface area contributed by atoms with Crippen LogP contribution in [0.4, 0.5) is 0 Å². The van der Waals surface area contributed by atoms with Gasteiger partial charge in [-0.05, 0) is 50.7 Å². The monoisotopic (exact) mass is 312 g/mol. The van der Waals surface area contributed by atoms with Crippen molar-refractivity contribution in [1.29, 1.82) is 0 Å². The molecule has 1 rings (SSSR count). The Hall–Kier alpha value is -0.810. The van der Waals surface area contributed by atoms with Crippen LogP contribution in [0.15, 0.2) is 4.99 Å². The predicted octanol–water partition coefficient (Wildman–Crippen LogP) is 1.94. The van der Waals surface area contributed by atoms with Crippen LogP contribution < -0.4 is 10.6 Å². The van der Waals surface area contributed by atoms with E-state index in [1.807, 2.05) is 7.05 Å². The van der Waals surface area contributed by atoms with Gasteiger partial charge < -0.3 is 20.3 Å². The number of rotatable bonds is 6. The smallest absolute Gasteiger partial charge is 0.191 e. The van der Waals surface area contributed by atoms with Crippen LogP contribution in [-0.4, -0.2) is 64.3 Å². The van der Waals surface area contributed by atoms with E-state index in [9.17, 15) is 0 Å². The SMILES string of the molecule is CN=C(NCCC1CCN(C)CC1)NCC(OC)C(C)(C)C. The summed E-state index contributed by atoms with van der Waals surface area (Å²) in [4.78, 5) is 6.72. The van der Waals surface area contributed by atoms with Crippen LogP contribution in [0.5, 0.6) is 0 Å². The Bertz CT molecular complexity index is 330. The highest BCUT2D eigenvalue weighted by atomic mass is 16.5. The van der Waals surface area contributed by atoms with E-state index >= 15 is 0 Å². The molecule has 1 fully saturated rings. The first-order valence-electron chi connectivity index (χ1n) is 8.52. The average Bonchev–Trinajstić information content (AvgIpc) is 2.46. The third-order valence-corrected chi connectivity index (χ3v) is 4.61. The van der Waals surface area contributed by atoms with Crippen LogP contribution in [0.25, 0.3) is 0 Å². The minimum Gasteiger partial charge on any atom is -0.379 e. The van der Waals surface area contributed by atoms with Crippen LogP contribution >= 0.6 is 0 Å². The molecule has 0 aromatic heterocycles. The number of hydrogen-bond acceptors (Lipinski definition) is 3. The summed E-state index contributed by atoms with van der Waals surface area (Å²) in [6.45, 7) is 10.8.